The van der Waals surface area contributed by atoms with E-state index < -0.39 is 0 Å². The summed E-state index contributed by atoms with van der Waals surface area (Å²) in [7, 11) is 4.21. The third kappa shape index (κ3) is 2.54. The third-order valence-electron chi connectivity index (χ3n) is 3.75. The highest BCUT2D eigenvalue weighted by Crippen LogP contribution is 2.35. The molecule has 0 saturated carbocycles. The van der Waals surface area contributed by atoms with Gasteiger partial charge in [-0.3, -0.25) is 0 Å². The Labute approximate surface area is 108 Å². The topological polar surface area (TPSA) is 28.2 Å². The predicted octanol–water partition coefficient (Wildman–Crippen LogP) is 2.33. The molecule has 1 aliphatic rings. The Morgan fingerprint density at radius 3 is 2.71 bits per heavy atom. The van der Waals surface area contributed by atoms with Crippen molar-refractivity contribution in [3.05, 3.63) is 15.6 Å². The van der Waals surface area contributed by atoms with E-state index in [1.165, 1.54) is 28.5 Å². The van der Waals surface area contributed by atoms with Gasteiger partial charge in [0.1, 0.15) is 0 Å². The summed E-state index contributed by atoms with van der Waals surface area (Å²) in [4.78, 5) is 8.57. The fourth-order valence-electron chi connectivity index (χ4n) is 2.42. The summed E-state index contributed by atoms with van der Waals surface area (Å²) >= 11 is 1.89. The zero-order chi connectivity index (χ0) is 12.6. The van der Waals surface area contributed by atoms with Gasteiger partial charge in [0.15, 0.2) is 0 Å². The zero-order valence-electron chi connectivity index (χ0n) is 11.5. The van der Waals surface area contributed by atoms with Crippen LogP contribution in [-0.4, -0.2) is 37.1 Å². The molecular formula is C13H23N3S. The number of aromatic nitrogens is 1. The molecule has 0 spiro atoms. The van der Waals surface area contributed by atoms with Crippen LogP contribution in [0.1, 0.15) is 41.8 Å². The number of rotatable bonds is 3. The summed E-state index contributed by atoms with van der Waals surface area (Å²) in [6.45, 7) is 8.93. The quantitative estimate of drug-likeness (QED) is 0.896. The van der Waals surface area contributed by atoms with Crippen LogP contribution in [0, 0.1) is 6.92 Å². The minimum atomic E-state index is 0.0322. The Balaban J connectivity index is 2.25. The summed E-state index contributed by atoms with van der Waals surface area (Å²) in [5.74, 6) is 0.644. The lowest BCUT2D eigenvalue weighted by atomic mass is 10.0. The first kappa shape index (κ1) is 13.0. The van der Waals surface area contributed by atoms with Gasteiger partial charge in [-0.25, -0.2) is 4.98 Å². The van der Waals surface area contributed by atoms with Crippen molar-refractivity contribution in [1.29, 1.82) is 0 Å². The van der Waals surface area contributed by atoms with E-state index in [-0.39, 0.29) is 5.54 Å². The Bertz CT molecular complexity index is 397. The number of likely N-dealkylation sites (N-methyl/N-ethyl adjacent to an activating group) is 1. The first-order chi connectivity index (χ1) is 7.94. The lowest BCUT2D eigenvalue weighted by Crippen LogP contribution is -2.32. The SMILES string of the molecule is CNC(C)(C)c1sc(C2CCN(C)C2)nc1C. The maximum atomic E-state index is 4.79. The van der Waals surface area contributed by atoms with Crippen molar-refractivity contribution in [3.63, 3.8) is 0 Å². The Morgan fingerprint density at radius 2 is 2.18 bits per heavy atom. The van der Waals surface area contributed by atoms with E-state index in [1.54, 1.807) is 0 Å². The molecule has 0 amide bonds. The summed E-state index contributed by atoms with van der Waals surface area (Å²) in [6, 6.07) is 0. The van der Waals surface area contributed by atoms with Crippen molar-refractivity contribution in [1.82, 2.24) is 15.2 Å². The van der Waals surface area contributed by atoms with Crippen LogP contribution in [0.3, 0.4) is 0 Å². The van der Waals surface area contributed by atoms with Crippen molar-refractivity contribution in [2.75, 3.05) is 27.2 Å². The number of nitrogens with one attached hydrogen (secondary N) is 1. The van der Waals surface area contributed by atoms with Crippen LogP contribution >= 0.6 is 11.3 Å². The fourth-order valence-corrected chi connectivity index (χ4v) is 3.72. The molecule has 1 atom stereocenters. The summed E-state index contributed by atoms with van der Waals surface area (Å²) in [6.07, 6.45) is 1.25. The van der Waals surface area contributed by atoms with Crippen LogP contribution in [0.2, 0.25) is 0 Å². The van der Waals surface area contributed by atoms with Gasteiger partial charge in [0.25, 0.3) is 0 Å². The molecule has 1 aromatic heterocycles. The monoisotopic (exact) mass is 253 g/mol. The molecule has 0 aromatic carbocycles. The van der Waals surface area contributed by atoms with Gasteiger partial charge >= 0.3 is 0 Å². The van der Waals surface area contributed by atoms with Crippen LogP contribution in [-0.2, 0) is 5.54 Å². The molecule has 0 radical (unpaired) electrons. The van der Waals surface area contributed by atoms with Crippen LogP contribution in [0.25, 0.3) is 0 Å². The van der Waals surface area contributed by atoms with Gasteiger partial charge in [0, 0.05) is 22.9 Å². The minimum Gasteiger partial charge on any atom is -0.310 e. The molecule has 17 heavy (non-hydrogen) atoms. The predicted molar refractivity (Wildman–Crippen MR) is 73.8 cm³/mol. The summed E-state index contributed by atoms with van der Waals surface area (Å²) in [5.41, 5.74) is 1.23. The van der Waals surface area contributed by atoms with Gasteiger partial charge in [0.05, 0.1) is 10.7 Å². The van der Waals surface area contributed by atoms with E-state index in [4.69, 9.17) is 4.98 Å². The standard InChI is InChI=1S/C13H23N3S/c1-9-11(13(2,3)14-4)17-12(15-9)10-6-7-16(5)8-10/h10,14H,6-8H2,1-5H3. The normalized spacial score (nSPS) is 22.3. The van der Waals surface area contributed by atoms with Gasteiger partial charge in [0.2, 0.25) is 0 Å². The average molecular weight is 253 g/mol. The molecule has 96 valence electrons. The highest BCUT2D eigenvalue weighted by molar-refractivity contribution is 7.12. The largest absolute Gasteiger partial charge is 0.310 e. The lowest BCUT2D eigenvalue weighted by molar-refractivity contribution is 0.411. The van der Waals surface area contributed by atoms with E-state index in [0.717, 1.165) is 6.54 Å². The number of nitrogens with zero attached hydrogens (tertiary/aromatic N) is 2. The van der Waals surface area contributed by atoms with E-state index in [1.807, 2.05) is 18.4 Å². The first-order valence-electron chi connectivity index (χ1n) is 6.29. The smallest absolute Gasteiger partial charge is 0.0975 e. The molecule has 0 aliphatic carbocycles. The first-order valence-corrected chi connectivity index (χ1v) is 7.11. The number of likely N-dealkylation sites (tertiary alicyclic amines) is 1. The minimum absolute atomic E-state index is 0.0322. The molecule has 1 fully saturated rings. The van der Waals surface area contributed by atoms with E-state index in [0.29, 0.717) is 5.92 Å². The van der Waals surface area contributed by atoms with E-state index in [9.17, 15) is 0 Å². The van der Waals surface area contributed by atoms with Crippen LogP contribution in [0.4, 0.5) is 0 Å². The number of aryl methyl sites for hydroxylation is 1. The van der Waals surface area contributed by atoms with Gasteiger partial charge in [-0.2, -0.15) is 0 Å². The summed E-state index contributed by atoms with van der Waals surface area (Å²) < 4.78 is 0. The Hall–Kier alpha value is -0.450. The molecule has 1 aromatic rings. The molecule has 0 bridgehead atoms. The molecule has 1 unspecified atom stereocenters. The summed E-state index contributed by atoms with van der Waals surface area (Å²) in [5, 5.41) is 4.70. The highest BCUT2D eigenvalue weighted by Gasteiger charge is 2.29. The van der Waals surface area contributed by atoms with Crippen molar-refractivity contribution in [3.8, 4) is 0 Å². The van der Waals surface area contributed by atoms with Crippen molar-refractivity contribution in [2.24, 2.45) is 0 Å². The second kappa shape index (κ2) is 4.67. The average Bonchev–Trinajstić information content (AvgIpc) is 2.85. The Morgan fingerprint density at radius 1 is 1.47 bits per heavy atom. The number of hydrogen-bond acceptors (Lipinski definition) is 4. The third-order valence-corrected chi connectivity index (χ3v) is 5.39. The van der Waals surface area contributed by atoms with Gasteiger partial charge in [-0.15, -0.1) is 11.3 Å². The Kier molecular flexibility index (Phi) is 3.57. The van der Waals surface area contributed by atoms with Crippen LogP contribution < -0.4 is 5.32 Å². The molecule has 2 rings (SSSR count). The van der Waals surface area contributed by atoms with Crippen molar-refractivity contribution < 1.29 is 0 Å². The molecule has 1 aliphatic heterocycles. The maximum absolute atomic E-state index is 4.79. The van der Waals surface area contributed by atoms with Crippen LogP contribution in [0.15, 0.2) is 0 Å². The van der Waals surface area contributed by atoms with Crippen molar-refractivity contribution in [2.45, 2.75) is 38.6 Å². The van der Waals surface area contributed by atoms with Crippen molar-refractivity contribution >= 4 is 11.3 Å². The molecule has 1 saturated heterocycles. The van der Waals surface area contributed by atoms with Gasteiger partial charge < -0.3 is 10.2 Å². The highest BCUT2D eigenvalue weighted by atomic mass is 32.1. The number of hydrogen-bond donors (Lipinski definition) is 1. The van der Waals surface area contributed by atoms with Gasteiger partial charge in [-0.05, 0) is 47.8 Å². The molecule has 4 heteroatoms. The number of thiazole rings is 1. The fraction of sp³-hybridized carbons (Fsp3) is 0.769. The molecule has 3 nitrogen and oxygen atoms in total. The second-order valence-corrected chi connectivity index (χ2v) is 6.62. The van der Waals surface area contributed by atoms with Crippen LogP contribution in [0.5, 0.6) is 0 Å². The molecule has 1 N–H and O–H groups in total. The van der Waals surface area contributed by atoms with E-state index >= 15 is 0 Å². The van der Waals surface area contributed by atoms with Gasteiger partial charge in [-0.1, -0.05) is 0 Å². The second-order valence-electron chi connectivity index (χ2n) is 5.59. The van der Waals surface area contributed by atoms with E-state index in [2.05, 4.69) is 38.0 Å². The maximum Gasteiger partial charge on any atom is 0.0975 e. The molecule has 2 heterocycles. The molecular weight excluding hydrogens is 230 g/mol. The zero-order valence-corrected chi connectivity index (χ0v) is 12.3. The lowest BCUT2D eigenvalue weighted by Gasteiger charge is -2.22.